The molecular formula is C26H23ClF3N3O6S. The van der Waals surface area contributed by atoms with E-state index in [9.17, 15) is 36.3 Å². The van der Waals surface area contributed by atoms with Crippen LogP contribution in [0.3, 0.4) is 0 Å². The second kappa shape index (κ2) is 10.5. The number of carbonyl (C=O) groups excluding carboxylic acids is 2. The molecule has 2 saturated carbocycles. The predicted octanol–water partition coefficient (Wildman–Crippen LogP) is 4.12. The molecule has 2 bridgehead atoms. The Morgan fingerprint density at radius 3 is 2.33 bits per heavy atom. The summed E-state index contributed by atoms with van der Waals surface area (Å²) in [5, 5.41) is 15.2. The maximum Gasteiger partial charge on any atom is 0.307 e. The van der Waals surface area contributed by atoms with Gasteiger partial charge in [0.2, 0.25) is 0 Å². The van der Waals surface area contributed by atoms with Crippen LogP contribution < -0.4 is 10.6 Å². The molecule has 9 nitrogen and oxygen atoms in total. The summed E-state index contributed by atoms with van der Waals surface area (Å²) in [5.41, 5.74) is -1.84. The number of carbonyl (C=O) groups is 2. The van der Waals surface area contributed by atoms with Crippen LogP contribution in [0, 0.1) is 29.3 Å². The zero-order valence-corrected chi connectivity index (χ0v) is 22.2. The van der Waals surface area contributed by atoms with E-state index in [1.165, 1.54) is 24.6 Å². The van der Waals surface area contributed by atoms with Crippen molar-refractivity contribution in [3.63, 3.8) is 0 Å². The lowest BCUT2D eigenvalue weighted by atomic mass is 9.74. The van der Waals surface area contributed by atoms with Crippen molar-refractivity contribution in [2.75, 3.05) is 11.9 Å². The first-order valence-electron chi connectivity index (χ1n) is 12.3. The topological polar surface area (TPSA) is 139 Å². The van der Waals surface area contributed by atoms with Gasteiger partial charge in [-0.2, -0.15) is 0 Å². The number of amides is 2. The number of aromatic nitrogens is 1. The molecule has 40 heavy (non-hydrogen) atoms. The highest BCUT2D eigenvalue weighted by atomic mass is 35.5. The summed E-state index contributed by atoms with van der Waals surface area (Å²) in [6.45, 7) is -0.0999. The second-order valence-electron chi connectivity index (χ2n) is 9.97. The molecule has 2 aromatic carbocycles. The van der Waals surface area contributed by atoms with E-state index in [-0.39, 0.29) is 46.4 Å². The monoisotopic (exact) mass is 597 g/mol. The van der Waals surface area contributed by atoms with Crippen molar-refractivity contribution in [2.45, 2.75) is 41.4 Å². The highest BCUT2D eigenvalue weighted by Crippen LogP contribution is 2.52. The predicted molar refractivity (Wildman–Crippen MR) is 136 cm³/mol. The summed E-state index contributed by atoms with van der Waals surface area (Å²) in [5.74, 6) is -7.19. The van der Waals surface area contributed by atoms with Crippen molar-refractivity contribution in [2.24, 2.45) is 11.8 Å². The minimum atomic E-state index is -4.09. The Hall–Kier alpha value is -3.42. The van der Waals surface area contributed by atoms with Gasteiger partial charge < -0.3 is 20.2 Å². The Balaban J connectivity index is 1.32. The molecule has 3 aromatic rings. The largest absolute Gasteiger partial charge is 0.441 e. The number of nitrogens with one attached hydrogen (secondary N) is 2. The molecule has 1 aromatic heterocycles. The third-order valence-electron chi connectivity index (χ3n) is 7.71. The number of fused-ring (bicyclic) bond motifs is 2. The van der Waals surface area contributed by atoms with Gasteiger partial charge in [0.05, 0.1) is 27.0 Å². The number of anilines is 1. The van der Waals surface area contributed by atoms with Gasteiger partial charge in [0.25, 0.3) is 11.8 Å². The van der Waals surface area contributed by atoms with Gasteiger partial charge in [0.15, 0.2) is 27.3 Å². The Morgan fingerprint density at radius 1 is 1.07 bits per heavy atom. The fraction of sp³-hybridized carbons (Fsp3) is 0.346. The Bertz CT molecular complexity index is 1550. The summed E-state index contributed by atoms with van der Waals surface area (Å²) in [6, 6.07) is 4.73. The minimum Gasteiger partial charge on any atom is -0.441 e. The van der Waals surface area contributed by atoms with Gasteiger partial charge in [0.1, 0.15) is 6.26 Å². The second-order valence-corrected chi connectivity index (χ2v) is 12.6. The lowest BCUT2D eigenvalue weighted by molar-refractivity contribution is -0.0550. The average Bonchev–Trinajstić information content (AvgIpc) is 3.48. The fourth-order valence-corrected chi connectivity index (χ4v) is 8.06. The van der Waals surface area contributed by atoms with E-state index < -0.39 is 61.8 Å². The highest BCUT2D eigenvalue weighted by Gasteiger charge is 2.55. The molecule has 0 saturated heterocycles. The van der Waals surface area contributed by atoms with Crippen LogP contribution in [0.25, 0.3) is 0 Å². The van der Waals surface area contributed by atoms with Crippen LogP contribution in [0.2, 0.25) is 5.02 Å². The first-order chi connectivity index (χ1) is 18.9. The maximum atomic E-state index is 13.7. The zero-order chi connectivity index (χ0) is 28.8. The van der Waals surface area contributed by atoms with E-state index in [1.54, 1.807) is 0 Å². The van der Waals surface area contributed by atoms with Gasteiger partial charge in [-0.1, -0.05) is 11.6 Å². The van der Waals surface area contributed by atoms with Crippen LogP contribution in [0.5, 0.6) is 0 Å². The van der Waals surface area contributed by atoms with Crippen LogP contribution in [0.15, 0.2) is 52.1 Å². The number of oxazole rings is 1. The van der Waals surface area contributed by atoms with Crippen molar-refractivity contribution in [1.29, 1.82) is 0 Å². The van der Waals surface area contributed by atoms with Crippen molar-refractivity contribution in [3.8, 4) is 0 Å². The molecular weight excluding hydrogens is 575 g/mol. The molecule has 5 rings (SSSR count). The molecule has 1 heterocycles. The molecule has 2 atom stereocenters. The number of halogens is 4. The van der Waals surface area contributed by atoms with Gasteiger partial charge >= 0.3 is 5.91 Å². The number of rotatable bonds is 7. The third-order valence-corrected chi connectivity index (χ3v) is 10.4. The lowest BCUT2D eigenvalue weighted by Gasteiger charge is -2.42. The van der Waals surface area contributed by atoms with E-state index in [4.69, 9.17) is 16.0 Å². The molecule has 0 aliphatic heterocycles. The molecule has 14 heteroatoms. The van der Waals surface area contributed by atoms with Gasteiger partial charge in [-0.25, -0.2) is 26.6 Å². The number of hydrogen-bond acceptors (Lipinski definition) is 7. The number of nitrogens with zero attached hydrogens (tertiary/aromatic N) is 1. The summed E-state index contributed by atoms with van der Waals surface area (Å²) in [7, 11) is -4.09. The number of sulfone groups is 1. The Kier molecular flexibility index (Phi) is 7.40. The molecule has 2 amide bonds. The molecule has 0 radical (unpaired) electrons. The normalized spacial score (nSPS) is 24.1. The van der Waals surface area contributed by atoms with Crippen molar-refractivity contribution in [1.82, 2.24) is 10.3 Å². The SMILES string of the molecule is O=C(Nc1cc(F)c(F)c(F)c1)c1ccc(Cl)c(S(=O)(=O)[C@H]2CC3CCC(C2)[C@]3(O)CNC(=O)c2ncco2)c1. The van der Waals surface area contributed by atoms with E-state index in [2.05, 4.69) is 15.6 Å². The van der Waals surface area contributed by atoms with Crippen LogP contribution in [0.1, 0.15) is 46.7 Å². The molecule has 2 fully saturated rings. The van der Waals surface area contributed by atoms with Gasteiger partial charge in [-0.3, -0.25) is 9.59 Å². The van der Waals surface area contributed by atoms with Crippen LogP contribution in [0.4, 0.5) is 18.9 Å². The van der Waals surface area contributed by atoms with Crippen molar-refractivity contribution in [3.05, 3.63) is 76.7 Å². The summed E-state index contributed by atoms with van der Waals surface area (Å²) < 4.78 is 72.7. The summed E-state index contributed by atoms with van der Waals surface area (Å²) in [4.78, 5) is 28.4. The van der Waals surface area contributed by atoms with E-state index in [0.29, 0.717) is 25.0 Å². The van der Waals surface area contributed by atoms with Gasteiger partial charge in [-0.15, -0.1) is 0 Å². The lowest BCUT2D eigenvalue weighted by Crippen LogP contribution is -2.54. The van der Waals surface area contributed by atoms with Crippen LogP contribution in [-0.4, -0.2) is 47.7 Å². The number of benzene rings is 2. The van der Waals surface area contributed by atoms with E-state index >= 15 is 0 Å². The number of aliphatic hydroxyl groups is 1. The molecule has 2 aliphatic carbocycles. The van der Waals surface area contributed by atoms with Crippen LogP contribution >= 0.6 is 11.6 Å². The molecule has 212 valence electrons. The Labute approximate surface area is 231 Å². The first kappa shape index (κ1) is 28.1. The molecule has 2 unspecified atom stereocenters. The molecule has 3 N–H and O–H groups in total. The van der Waals surface area contributed by atoms with Crippen molar-refractivity contribution >= 4 is 38.9 Å². The van der Waals surface area contributed by atoms with E-state index in [1.807, 2.05) is 0 Å². The minimum absolute atomic E-state index is 0.0999. The first-order valence-corrected chi connectivity index (χ1v) is 14.2. The quantitative estimate of drug-likeness (QED) is 0.348. The van der Waals surface area contributed by atoms with E-state index in [0.717, 1.165) is 6.07 Å². The zero-order valence-electron chi connectivity index (χ0n) is 20.7. The molecule has 0 spiro atoms. The fourth-order valence-electron chi connectivity index (χ4n) is 5.66. The smallest absolute Gasteiger partial charge is 0.307 e. The standard InChI is InChI=1S/C26H23ClF3N3O6S/c27-18-4-1-13(23(34)33-16-10-19(28)22(30)20(29)11-16)7-21(18)40(37,38)17-8-14-2-3-15(9-17)26(14,36)12-32-24(35)25-31-5-6-39-25/h1,4-7,10-11,14-15,17,36H,2-3,8-9,12H2,(H,32,35)(H,33,34)/t14?,15?,17-,26-. The summed E-state index contributed by atoms with van der Waals surface area (Å²) in [6.07, 6.45) is 3.88. The Morgan fingerprint density at radius 2 is 1.73 bits per heavy atom. The van der Waals surface area contributed by atoms with Gasteiger partial charge in [0, 0.05) is 29.9 Å². The highest BCUT2D eigenvalue weighted by molar-refractivity contribution is 7.92. The van der Waals surface area contributed by atoms with Gasteiger partial charge in [-0.05, 0) is 55.7 Å². The third kappa shape index (κ3) is 5.08. The number of hydrogen-bond donors (Lipinski definition) is 3. The van der Waals surface area contributed by atoms with Crippen molar-refractivity contribution < 1.29 is 40.7 Å². The molecule has 2 aliphatic rings. The average molecular weight is 598 g/mol. The summed E-state index contributed by atoms with van der Waals surface area (Å²) >= 11 is 6.24. The van der Waals surface area contributed by atoms with Crippen LogP contribution in [-0.2, 0) is 9.84 Å². The maximum absolute atomic E-state index is 13.7.